The lowest BCUT2D eigenvalue weighted by molar-refractivity contribution is -0.118. The molecule has 86 valence electrons. The molecule has 0 aliphatic heterocycles. The summed E-state index contributed by atoms with van der Waals surface area (Å²) in [6, 6.07) is 3.72. The second kappa shape index (κ2) is 5.16. The van der Waals surface area contributed by atoms with Gasteiger partial charge in [0.2, 0.25) is 5.91 Å². The average Bonchev–Trinajstić information content (AvgIpc) is 2.38. The Balaban J connectivity index is 2.36. The molecule has 2 N–H and O–H groups in total. The normalized spacial score (nSPS) is 12.0. The predicted molar refractivity (Wildman–Crippen MR) is 61.9 cm³/mol. The van der Waals surface area contributed by atoms with Crippen molar-refractivity contribution in [3.8, 4) is 0 Å². The lowest BCUT2D eigenvalue weighted by Gasteiger charge is -2.13. The van der Waals surface area contributed by atoms with Gasteiger partial charge in [-0.1, -0.05) is 6.07 Å². The number of nitrogens with two attached hydrogens (primary N) is 1. The molecule has 17 heavy (non-hydrogen) atoms. The van der Waals surface area contributed by atoms with Gasteiger partial charge in [-0.25, -0.2) is 0 Å². The SMILES string of the molecule is NC(=O)CC(c1cccnc1)c1cnccn1. The number of carbonyl (C=O) groups excluding carboxylic acids is 1. The lowest BCUT2D eigenvalue weighted by atomic mass is 9.94. The van der Waals surface area contributed by atoms with E-state index < -0.39 is 0 Å². The van der Waals surface area contributed by atoms with Crippen molar-refractivity contribution in [3.05, 3.63) is 54.4 Å². The number of carbonyl (C=O) groups is 1. The number of hydrogen-bond donors (Lipinski definition) is 1. The van der Waals surface area contributed by atoms with Gasteiger partial charge in [-0.15, -0.1) is 0 Å². The van der Waals surface area contributed by atoms with Crippen molar-refractivity contribution < 1.29 is 4.79 Å². The highest BCUT2D eigenvalue weighted by atomic mass is 16.1. The summed E-state index contributed by atoms with van der Waals surface area (Å²) in [5, 5.41) is 0. The molecular formula is C12H12N4O. The Hall–Kier alpha value is -2.30. The van der Waals surface area contributed by atoms with Gasteiger partial charge in [0.15, 0.2) is 0 Å². The molecule has 2 heterocycles. The van der Waals surface area contributed by atoms with E-state index in [2.05, 4.69) is 15.0 Å². The second-order valence-corrected chi connectivity index (χ2v) is 3.64. The van der Waals surface area contributed by atoms with Crippen LogP contribution in [0.5, 0.6) is 0 Å². The molecule has 1 unspecified atom stereocenters. The monoisotopic (exact) mass is 228 g/mol. The van der Waals surface area contributed by atoms with E-state index in [0.29, 0.717) is 0 Å². The molecule has 0 bridgehead atoms. The number of primary amides is 1. The maximum absolute atomic E-state index is 11.1. The maximum Gasteiger partial charge on any atom is 0.218 e. The average molecular weight is 228 g/mol. The van der Waals surface area contributed by atoms with E-state index in [0.717, 1.165) is 11.3 Å². The van der Waals surface area contributed by atoms with Gasteiger partial charge in [0, 0.05) is 43.3 Å². The van der Waals surface area contributed by atoms with E-state index >= 15 is 0 Å². The number of aromatic nitrogens is 3. The van der Waals surface area contributed by atoms with E-state index in [4.69, 9.17) is 5.73 Å². The third-order valence-electron chi connectivity index (χ3n) is 2.43. The molecule has 0 aliphatic carbocycles. The number of amides is 1. The van der Waals surface area contributed by atoms with Crippen molar-refractivity contribution in [1.29, 1.82) is 0 Å². The van der Waals surface area contributed by atoms with Gasteiger partial charge in [-0.3, -0.25) is 19.7 Å². The Morgan fingerprint density at radius 3 is 2.65 bits per heavy atom. The van der Waals surface area contributed by atoms with E-state index in [1.165, 1.54) is 0 Å². The Labute approximate surface area is 98.7 Å². The van der Waals surface area contributed by atoms with Crippen LogP contribution >= 0.6 is 0 Å². The van der Waals surface area contributed by atoms with E-state index in [1.54, 1.807) is 31.0 Å². The van der Waals surface area contributed by atoms with Gasteiger partial charge in [-0.05, 0) is 11.6 Å². The minimum absolute atomic E-state index is 0.185. The van der Waals surface area contributed by atoms with Gasteiger partial charge in [-0.2, -0.15) is 0 Å². The van der Waals surface area contributed by atoms with Crippen molar-refractivity contribution in [2.24, 2.45) is 5.73 Å². The molecule has 1 amide bonds. The zero-order valence-corrected chi connectivity index (χ0v) is 9.15. The first-order chi connectivity index (χ1) is 8.27. The molecule has 2 rings (SSSR count). The number of nitrogens with zero attached hydrogens (tertiary/aromatic N) is 3. The van der Waals surface area contributed by atoms with Crippen LogP contribution in [-0.2, 0) is 4.79 Å². The van der Waals surface area contributed by atoms with Crippen molar-refractivity contribution >= 4 is 5.91 Å². The smallest absolute Gasteiger partial charge is 0.218 e. The topological polar surface area (TPSA) is 81.8 Å². The van der Waals surface area contributed by atoms with Crippen LogP contribution in [0.4, 0.5) is 0 Å². The third-order valence-corrected chi connectivity index (χ3v) is 2.43. The largest absolute Gasteiger partial charge is 0.370 e. The van der Waals surface area contributed by atoms with Crippen LogP contribution in [0.15, 0.2) is 43.1 Å². The third kappa shape index (κ3) is 2.84. The summed E-state index contributed by atoms with van der Waals surface area (Å²) >= 11 is 0. The highest BCUT2D eigenvalue weighted by Crippen LogP contribution is 2.24. The van der Waals surface area contributed by atoms with Gasteiger partial charge < -0.3 is 5.73 Å². The Bertz CT molecular complexity index is 447. The van der Waals surface area contributed by atoms with E-state index in [1.807, 2.05) is 12.1 Å². The van der Waals surface area contributed by atoms with Crippen molar-refractivity contribution in [1.82, 2.24) is 15.0 Å². The molecule has 1 atom stereocenters. The van der Waals surface area contributed by atoms with Crippen LogP contribution in [0.2, 0.25) is 0 Å². The molecular weight excluding hydrogens is 216 g/mol. The van der Waals surface area contributed by atoms with Crippen LogP contribution in [0.1, 0.15) is 23.6 Å². The summed E-state index contributed by atoms with van der Waals surface area (Å²) in [5.41, 5.74) is 6.89. The van der Waals surface area contributed by atoms with Crippen LogP contribution in [0, 0.1) is 0 Å². The summed E-state index contributed by atoms with van der Waals surface area (Å²) in [7, 11) is 0. The van der Waals surface area contributed by atoms with Gasteiger partial charge in [0.05, 0.1) is 5.69 Å². The standard InChI is InChI=1S/C12H12N4O/c13-12(17)6-10(9-2-1-3-14-7-9)11-8-15-4-5-16-11/h1-5,7-8,10H,6H2,(H2,13,17). The lowest BCUT2D eigenvalue weighted by Crippen LogP contribution is -2.17. The van der Waals surface area contributed by atoms with Crippen molar-refractivity contribution in [2.75, 3.05) is 0 Å². The fraction of sp³-hybridized carbons (Fsp3) is 0.167. The van der Waals surface area contributed by atoms with Crippen molar-refractivity contribution in [2.45, 2.75) is 12.3 Å². The Kier molecular flexibility index (Phi) is 3.40. The minimum Gasteiger partial charge on any atom is -0.370 e. The molecule has 0 saturated heterocycles. The first kappa shape index (κ1) is 11.2. The Morgan fingerprint density at radius 2 is 2.06 bits per heavy atom. The highest BCUT2D eigenvalue weighted by molar-refractivity contribution is 5.75. The summed E-state index contributed by atoms with van der Waals surface area (Å²) < 4.78 is 0. The zero-order valence-electron chi connectivity index (χ0n) is 9.15. The molecule has 2 aromatic rings. The summed E-state index contributed by atoms with van der Waals surface area (Å²) in [6.07, 6.45) is 8.42. The quantitative estimate of drug-likeness (QED) is 0.842. The predicted octanol–water partition coefficient (Wildman–Crippen LogP) is 0.879. The zero-order chi connectivity index (χ0) is 12.1. The number of hydrogen-bond acceptors (Lipinski definition) is 4. The molecule has 0 aliphatic rings. The molecule has 5 heteroatoms. The second-order valence-electron chi connectivity index (χ2n) is 3.64. The summed E-state index contributed by atoms with van der Waals surface area (Å²) in [5.74, 6) is -0.556. The van der Waals surface area contributed by atoms with E-state index in [-0.39, 0.29) is 18.2 Å². The molecule has 0 saturated carbocycles. The Morgan fingerprint density at radius 1 is 1.24 bits per heavy atom. The molecule has 0 aromatic carbocycles. The number of pyridine rings is 1. The molecule has 0 radical (unpaired) electrons. The number of rotatable bonds is 4. The fourth-order valence-electron chi connectivity index (χ4n) is 1.67. The minimum atomic E-state index is -0.371. The molecule has 0 spiro atoms. The van der Waals surface area contributed by atoms with Gasteiger partial charge in [0.25, 0.3) is 0 Å². The maximum atomic E-state index is 11.1. The first-order valence-electron chi connectivity index (χ1n) is 5.21. The molecule has 0 fully saturated rings. The molecule has 2 aromatic heterocycles. The molecule has 5 nitrogen and oxygen atoms in total. The summed E-state index contributed by atoms with van der Waals surface area (Å²) in [6.45, 7) is 0. The summed E-state index contributed by atoms with van der Waals surface area (Å²) in [4.78, 5) is 23.4. The van der Waals surface area contributed by atoms with Gasteiger partial charge in [0.1, 0.15) is 0 Å². The fourth-order valence-corrected chi connectivity index (χ4v) is 1.67. The van der Waals surface area contributed by atoms with Gasteiger partial charge >= 0.3 is 0 Å². The van der Waals surface area contributed by atoms with Crippen LogP contribution in [-0.4, -0.2) is 20.9 Å². The van der Waals surface area contributed by atoms with Crippen LogP contribution in [0.3, 0.4) is 0 Å². The first-order valence-corrected chi connectivity index (χ1v) is 5.21. The van der Waals surface area contributed by atoms with Crippen LogP contribution < -0.4 is 5.73 Å². The highest BCUT2D eigenvalue weighted by Gasteiger charge is 2.18. The van der Waals surface area contributed by atoms with E-state index in [9.17, 15) is 4.79 Å². The van der Waals surface area contributed by atoms with Crippen molar-refractivity contribution in [3.63, 3.8) is 0 Å². The van der Waals surface area contributed by atoms with Crippen LogP contribution in [0.25, 0.3) is 0 Å².